The second-order valence-corrected chi connectivity index (χ2v) is 8.79. The van der Waals surface area contributed by atoms with E-state index in [0.717, 1.165) is 49.0 Å². The smallest absolute Gasteiger partial charge is 0.231 e. The van der Waals surface area contributed by atoms with Crippen LogP contribution in [-0.4, -0.2) is 11.5 Å². The van der Waals surface area contributed by atoms with Crippen LogP contribution in [-0.2, 0) is 10.2 Å². The number of benzene rings is 2. The lowest BCUT2D eigenvalue weighted by molar-refractivity contribution is -0.128. The topological polar surface area (TPSA) is 38.3 Å². The summed E-state index contributed by atoms with van der Waals surface area (Å²) in [7, 11) is 0. The summed E-state index contributed by atoms with van der Waals surface area (Å²) in [6, 6.07) is 16.6. The predicted molar refractivity (Wildman–Crippen MR) is 108 cm³/mol. The molecule has 0 bridgehead atoms. The van der Waals surface area contributed by atoms with Crippen molar-refractivity contribution in [1.29, 1.82) is 0 Å². The molecule has 2 aliphatic rings. The summed E-state index contributed by atoms with van der Waals surface area (Å²) in [5.74, 6) is 1.06. The van der Waals surface area contributed by atoms with Crippen LogP contribution in [0.3, 0.4) is 0 Å². The zero-order valence-electron chi connectivity index (χ0n) is 16.5. The van der Waals surface area contributed by atoms with Crippen LogP contribution in [0, 0.1) is 6.92 Å². The first kappa shape index (κ1) is 18.1. The van der Waals surface area contributed by atoms with Crippen LogP contribution in [0.5, 0.6) is 5.75 Å². The van der Waals surface area contributed by atoms with Gasteiger partial charge in [-0.25, -0.2) is 0 Å². The Morgan fingerprint density at radius 1 is 1.07 bits per heavy atom. The average Bonchev–Trinajstić information content (AvgIpc) is 3.14. The van der Waals surface area contributed by atoms with Crippen LogP contribution in [0.1, 0.15) is 68.7 Å². The standard InChI is InChI=1S/C24H29NO2/c1-17-11-12-21-19(15-17)20(16-23(2,3)27-21)25-22(26)24(13-7-8-14-24)18-9-5-4-6-10-18/h4-6,9-12,15,20H,7-8,13-14,16H2,1-3H3,(H,25,26)/t20-/m1/s1. The van der Waals surface area contributed by atoms with Gasteiger partial charge < -0.3 is 10.1 Å². The molecule has 1 fully saturated rings. The largest absolute Gasteiger partial charge is 0.487 e. The van der Waals surface area contributed by atoms with E-state index in [4.69, 9.17) is 4.74 Å². The molecule has 0 spiro atoms. The van der Waals surface area contributed by atoms with E-state index < -0.39 is 5.41 Å². The van der Waals surface area contributed by atoms with E-state index in [-0.39, 0.29) is 17.6 Å². The van der Waals surface area contributed by atoms with E-state index in [0.29, 0.717) is 0 Å². The SMILES string of the molecule is Cc1ccc2c(c1)[C@H](NC(=O)C1(c3ccccc3)CCCC1)CC(C)(C)O2. The molecule has 27 heavy (non-hydrogen) atoms. The molecule has 1 saturated carbocycles. The van der Waals surface area contributed by atoms with Crippen LogP contribution in [0.15, 0.2) is 48.5 Å². The predicted octanol–water partition coefficient (Wildman–Crippen LogP) is 5.23. The molecule has 0 aromatic heterocycles. The third kappa shape index (κ3) is 3.36. The van der Waals surface area contributed by atoms with Crippen molar-refractivity contribution in [3.05, 3.63) is 65.2 Å². The zero-order chi connectivity index (χ0) is 19.1. The van der Waals surface area contributed by atoms with Gasteiger partial charge in [-0.05, 0) is 45.2 Å². The monoisotopic (exact) mass is 363 g/mol. The summed E-state index contributed by atoms with van der Waals surface area (Å²) in [5, 5.41) is 3.42. The van der Waals surface area contributed by atoms with Gasteiger partial charge in [0.1, 0.15) is 11.4 Å². The minimum atomic E-state index is -0.395. The molecule has 1 aliphatic heterocycles. The lowest BCUT2D eigenvalue weighted by atomic mass is 9.77. The molecule has 1 aliphatic carbocycles. The third-order valence-corrected chi connectivity index (χ3v) is 6.15. The van der Waals surface area contributed by atoms with E-state index in [9.17, 15) is 4.79 Å². The fourth-order valence-electron chi connectivity index (χ4n) is 4.78. The molecule has 1 N–H and O–H groups in total. The van der Waals surface area contributed by atoms with Crippen molar-refractivity contribution in [2.45, 2.75) is 69.9 Å². The van der Waals surface area contributed by atoms with Gasteiger partial charge >= 0.3 is 0 Å². The molecule has 2 aromatic rings. The highest BCUT2D eigenvalue weighted by Gasteiger charge is 2.44. The van der Waals surface area contributed by atoms with Gasteiger partial charge in [0.15, 0.2) is 0 Å². The van der Waals surface area contributed by atoms with E-state index in [1.807, 2.05) is 24.3 Å². The second-order valence-electron chi connectivity index (χ2n) is 8.79. The first-order chi connectivity index (χ1) is 12.9. The minimum absolute atomic E-state index is 0.0164. The van der Waals surface area contributed by atoms with Gasteiger partial charge in [0.2, 0.25) is 5.91 Å². The summed E-state index contributed by atoms with van der Waals surface area (Å²) in [6.07, 6.45) is 4.85. The van der Waals surface area contributed by atoms with Gasteiger partial charge in [0.25, 0.3) is 0 Å². The Morgan fingerprint density at radius 3 is 2.48 bits per heavy atom. The maximum Gasteiger partial charge on any atom is 0.231 e. The highest BCUT2D eigenvalue weighted by Crippen LogP contribution is 2.44. The maximum atomic E-state index is 13.6. The highest BCUT2D eigenvalue weighted by atomic mass is 16.5. The Morgan fingerprint density at radius 2 is 1.78 bits per heavy atom. The first-order valence-electron chi connectivity index (χ1n) is 10.1. The molecule has 142 valence electrons. The lowest BCUT2D eigenvalue weighted by Crippen LogP contribution is -2.47. The van der Waals surface area contributed by atoms with Crippen molar-refractivity contribution < 1.29 is 9.53 Å². The molecular formula is C24H29NO2. The number of carbonyl (C=O) groups excluding carboxylic acids is 1. The van der Waals surface area contributed by atoms with Crippen molar-refractivity contribution >= 4 is 5.91 Å². The number of carbonyl (C=O) groups is 1. The fraction of sp³-hybridized carbons (Fsp3) is 0.458. The average molecular weight is 364 g/mol. The number of rotatable bonds is 3. The van der Waals surface area contributed by atoms with E-state index in [1.165, 1.54) is 5.56 Å². The quantitative estimate of drug-likeness (QED) is 0.811. The molecule has 1 amide bonds. The van der Waals surface area contributed by atoms with Gasteiger partial charge in [0.05, 0.1) is 11.5 Å². The van der Waals surface area contributed by atoms with Crippen LogP contribution in [0.2, 0.25) is 0 Å². The fourth-order valence-corrected chi connectivity index (χ4v) is 4.78. The minimum Gasteiger partial charge on any atom is -0.487 e. The van der Waals surface area contributed by atoms with Crippen molar-refractivity contribution in [3.8, 4) is 5.75 Å². The van der Waals surface area contributed by atoms with E-state index >= 15 is 0 Å². The van der Waals surface area contributed by atoms with Crippen LogP contribution >= 0.6 is 0 Å². The first-order valence-corrected chi connectivity index (χ1v) is 10.1. The van der Waals surface area contributed by atoms with Gasteiger partial charge in [-0.15, -0.1) is 0 Å². The molecular weight excluding hydrogens is 334 g/mol. The van der Waals surface area contributed by atoms with Crippen LogP contribution in [0.25, 0.3) is 0 Å². The summed E-state index contributed by atoms with van der Waals surface area (Å²) in [6.45, 7) is 6.27. The summed E-state index contributed by atoms with van der Waals surface area (Å²) >= 11 is 0. The van der Waals surface area contributed by atoms with Gasteiger partial charge in [-0.1, -0.05) is 60.9 Å². The molecule has 1 atom stereocenters. The molecule has 2 aromatic carbocycles. The van der Waals surface area contributed by atoms with Crippen molar-refractivity contribution in [2.24, 2.45) is 0 Å². The van der Waals surface area contributed by atoms with Crippen molar-refractivity contribution in [3.63, 3.8) is 0 Å². The Balaban J connectivity index is 1.67. The highest BCUT2D eigenvalue weighted by molar-refractivity contribution is 5.89. The Bertz CT molecular complexity index is 835. The molecule has 4 rings (SSSR count). The number of ether oxygens (including phenoxy) is 1. The Hall–Kier alpha value is -2.29. The summed E-state index contributed by atoms with van der Waals surface area (Å²) in [5.41, 5.74) is 2.75. The number of fused-ring (bicyclic) bond motifs is 1. The molecule has 0 radical (unpaired) electrons. The normalized spacial score (nSPS) is 22.6. The van der Waals surface area contributed by atoms with Crippen LogP contribution in [0.4, 0.5) is 0 Å². The molecule has 3 nitrogen and oxygen atoms in total. The Kier molecular flexibility index (Phi) is 4.49. The van der Waals surface area contributed by atoms with E-state index in [1.54, 1.807) is 0 Å². The molecule has 0 saturated heterocycles. The Labute approximate surface area is 162 Å². The number of nitrogens with one attached hydrogen (secondary N) is 1. The van der Waals surface area contributed by atoms with Gasteiger partial charge in [-0.3, -0.25) is 4.79 Å². The maximum absolute atomic E-state index is 13.6. The van der Waals surface area contributed by atoms with Crippen molar-refractivity contribution in [2.75, 3.05) is 0 Å². The van der Waals surface area contributed by atoms with Gasteiger partial charge in [-0.2, -0.15) is 0 Å². The third-order valence-electron chi connectivity index (χ3n) is 6.15. The number of hydrogen-bond donors (Lipinski definition) is 1. The summed E-state index contributed by atoms with van der Waals surface area (Å²) < 4.78 is 6.17. The van der Waals surface area contributed by atoms with E-state index in [2.05, 4.69) is 50.4 Å². The van der Waals surface area contributed by atoms with Crippen LogP contribution < -0.4 is 10.1 Å². The summed E-state index contributed by atoms with van der Waals surface area (Å²) in [4.78, 5) is 13.6. The van der Waals surface area contributed by atoms with Gasteiger partial charge in [0, 0.05) is 12.0 Å². The van der Waals surface area contributed by atoms with Crippen molar-refractivity contribution in [1.82, 2.24) is 5.32 Å². The molecule has 0 unspecified atom stereocenters. The number of hydrogen-bond acceptors (Lipinski definition) is 2. The zero-order valence-corrected chi connectivity index (χ0v) is 16.5. The lowest BCUT2D eigenvalue weighted by Gasteiger charge is -2.39. The molecule has 3 heteroatoms. The molecule has 1 heterocycles. The second kappa shape index (κ2) is 6.70. The number of aryl methyl sites for hydroxylation is 1. The number of amides is 1.